The van der Waals surface area contributed by atoms with Gasteiger partial charge in [0.2, 0.25) is 0 Å². The number of likely N-dealkylation sites (N-methyl/N-ethyl adjacent to an activating group) is 1. The standard InChI is InChI=1S/C25H33N4OS/c1-5-21-15-20(19-7-6-17(2)18(3)14-19)10-13-29(21,4)16-24(30)28-11-8-22-23(9-12-28)31-25(26)27-22/h6-7,10,14-15H,5,8-9,11-13,16H2,1-4H3,(H2,26,27)/q+1. The number of nitrogen functional groups attached to an aromatic ring is 1. The molecule has 5 nitrogen and oxygen atoms in total. The van der Waals surface area contributed by atoms with E-state index in [2.05, 4.69) is 63.2 Å². The number of nitrogens with zero attached hydrogens (tertiary/aromatic N) is 3. The van der Waals surface area contributed by atoms with E-state index in [1.165, 1.54) is 32.8 Å². The van der Waals surface area contributed by atoms with Crippen molar-refractivity contribution >= 4 is 27.9 Å². The zero-order valence-corrected chi connectivity index (χ0v) is 19.9. The molecule has 0 radical (unpaired) electrons. The van der Waals surface area contributed by atoms with E-state index in [1.54, 1.807) is 11.3 Å². The number of amides is 1. The number of allylic oxidation sites excluding steroid dienone is 3. The molecule has 1 unspecified atom stereocenters. The minimum absolute atomic E-state index is 0.230. The number of nitrogens with two attached hydrogens (primary N) is 1. The van der Waals surface area contributed by atoms with Crippen molar-refractivity contribution in [3.8, 4) is 0 Å². The Labute approximate surface area is 189 Å². The molecule has 0 bridgehead atoms. The summed E-state index contributed by atoms with van der Waals surface area (Å²) in [5, 5.41) is 0.639. The molecule has 0 fully saturated rings. The van der Waals surface area contributed by atoms with Gasteiger partial charge in [-0.15, -0.1) is 11.3 Å². The minimum atomic E-state index is 0.230. The SMILES string of the molecule is CCC1=CC(c2ccc(C)c(C)c2)=CC[N+]1(C)CC(=O)N1CCc2nc(N)sc2CC1. The quantitative estimate of drug-likeness (QED) is 0.733. The molecule has 0 saturated heterocycles. The third kappa shape index (κ3) is 4.46. The second kappa shape index (κ2) is 8.60. The molecular formula is C25H33N4OS+. The first-order valence-electron chi connectivity index (χ1n) is 11.1. The van der Waals surface area contributed by atoms with Crippen LogP contribution in [-0.2, 0) is 17.6 Å². The molecule has 1 atom stereocenters. The summed E-state index contributed by atoms with van der Waals surface area (Å²) in [7, 11) is 2.19. The lowest BCUT2D eigenvalue weighted by Crippen LogP contribution is -2.52. The van der Waals surface area contributed by atoms with Crippen molar-refractivity contribution in [1.82, 2.24) is 9.88 Å². The lowest BCUT2D eigenvalue weighted by Gasteiger charge is -2.38. The van der Waals surface area contributed by atoms with Crippen LogP contribution in [0.2, 0.25) is 0 Å². The fraction of sp³-hybridized carbons (Fsp3) is 0.440. The van der Waals surface area contributed by atoms with E-state index < -0.39 is 0 Å². The van der Waals surface area contributed by atoms with Gasteiger partial charge in [-0.3, -0.25) is 9.28 Å². The Morgan fingerprint density at radius 1 is 1.23 bits per heavy atom. The number of carbonyl (C=O) groups is 1. The first-order chi connectivity index (χ1) is 14.8. The number of aromatic nitrogens is 1. The monoisotopic (exact) mass is 437 g/mol. The molecule has 0 spiro atoms. The Bertz CT molecular complexity index is 1040. The zero-order valence-electron chi connectivity index (χ0n) is 19.1. The van der Waals surface area contributed by atoms with Crippen molar-refractivity contribution in [2.24, 2.45) is 0 Å². The Morgan fingerprint density at radius 2 is 2.00 bits per heavy atom. The van der Waals surface area contributed by atoms with Gasteiger partial charge in [-0.05, 0) is 42.2 Å². The van der Waals surface area contributed by atoms with E-state index in [9.17, 15) is 4.79 Å². The van der Waals surface area contributed by atoms with Crippen LogP contribution in [0.3, 0.4) is 0 Å². The van der Waals surface area contributed by atoms with Crippen LogP contribution in [0.1, 0.15) is 40.6 Å². The number of aryl methyl sites for hydroxylation is 2. The van der Waals surface area contributed by atoms with Crippen molar-refractivity contribution in [2.75, 3.05) is 39.0 Å². The van der Waals surface area contributed by atoms with Crippen LogP contribution >= 0.6 is 11.3 Å². The Balaban J connectivity index is 1.47. The number of fused-ring (bicyclic) bond motifs is 1. The molecule has 0 saturated carbocycles. The Morgan fingerprint density at radius 3 is 2.74 bits per heavy atom. The van der Waals surface area contributed by atoms with Crippen LogP contribution in [0.5, 0.6) is 0 Å². The molecule has 2 aliphatic rings. The predicted molar refractivity (Wildman–Crippen MR) is 129 cm³/mol. The summed E-state index contributed by atoms with van der Waals surface area (Å²) in [6.45, 7) is 9.32. The highest BCUT2D eigenvalue weighted by Gasteiger charge is 2.34. The molecule has 2 aromatic rings. The van der Waals surface area contributed by atoms with Crippen LogP contribution in [-0.4, -0.2) is 53.5 Å². The Kier molecular flexibility index (Phi) is 6.04. The lowest BCUT2D eigenvalue weighted by molar-refractivity contribution is -0.860. The lowest BCUT2D eigenvalue weighted by atomic mass is 9.96. The molecule has 2 N–H and O–H groups in total. The van der Waals surface area contributed by atoms with Gasteiger partial charge in [-0.25, -0.2) is 4.98 Å². The van der Waals surface area contributed by atoms with Crippen molar-refractivity contribution in [3.05, 3.63) is 63.3 Å². The number of benzene rings is 1. The van der Waals surface area contributed by atoms with E-state index >= 15 is 0 Å². The molecule has 6 heteroatoms. The van der Waals surface area contributed by atoms with E-state index in [0.29, 0.717) is 16.2 Å². The maximum Gasteiger partial charge on any atom is 0.278 e. The van der Waals surface area contributed by atoms with E-state index in [0.717, 1.165) is 44.6 Å². The van der Waals surface area contributed by atoms with Crippen LogP contribution in [0.15, 0.2) is 36.0 Å². The average molecular weight is 438 g/mol. The van der Waals surface area contributed by atoms with E-state index in [1.807, 2.05) is 4.90 Å². The van der Waals surface area contributed by atoms with E-state index in [-0.39, 0.29) is 5.91 Å². The molecule has 4 rings (SSSR count). The fourth-order valence-corrected chi connectivity index (χ4v) is 5.48. The zero-order chi connectivity index (χ0) is 22.2. The highest BCUT2D eigenvalue weighted by atomic mass is 32.1. The average Bonchev–Trinajstić information content (AvgIpc) is 2.98. The van der Waals surface area contributed by atoms with Gasteiger partial charge < -0.3 is 10.6 Å². The van der Waals surface area contributed by atoms with Crippen LogP contribution in [0.25, 0.3) is 5.57 Å². The number of hydrogen-bond donors (Lipinski definition) is 1. The van der Waals surface area contributed by atoms with E-state index in [4.69, 9.17) is 5.73 Å². The van der Waals surface area contributed by atoms with Gasteiger partial charge in [0.1, 0.15) is 12.2 Å². The smallest absolute Gasteiger partial charge is 0.278 e. The number of thiazole rings is 1. The fourth-order valence-electron chi connectivity index (χ4n) is 4.61. The van der Waals surface area contributed by atoms with Crippen molar-refractivity contribution in [3.63, 3.8) is 0 Å². The van der Waals surface area contributed by atoms with Crippen molar-refractivity contribution in [1.29, 1.82) is 0 Å². The summed E-state index contributed by atoms with van der Waals surface area (Å²) in [5.41, 5.74) is 13.4. The van der Waals surface area contributed by atoms with Crippen molar-refractivity contribution < 1.29 is 9.28 Å². The van der Waals surface area contributed by atoms with Crippen LogP contribution < -0.4 is 5.73 Å². The predicted octanol–water partition coefficient (Wildman–Crippen LogP) is 4.11. The molecule has 1 aromatic carbocycles. The third-order valence-corrected chi connectivity index (χ3v) is 7.78. The van der Waals surface area contributed by atoms with Gasteiger partial charge in [0.05, 0.1) is 12.7 Å². The maximum atomic E-state index is 13.3. The molecule has 1 amide bonds. The molecular weight excluding hydrogens is 404 g/mol. The number of carbonyl (C=O) groups excluding carboxylic acids is 1. The van der Waals surface area contributed by atoms with Crippen molar-refractivity contribution in [2.45, 2.75) is 40.0 Å². The minimum Gasteiger partial charge on any atom is -0.375 e. The highest BCUT2D eigenvalue weighted by Crippen LogP contribution is 2.31. The molecule has 1 aromatic heterocycles. The second-order valence-electron chi connectivity index (χ2n) is 8.99. The van der Waals surface area contributed by atoms with Gasteiger partial charge in [0.15, 0.2) is 11.7 Å². The molecule has 2 aliphatic heterocycles. The van der Waals surface area contributed by atoms with Gasteiger partial charge >= 0.3 is 0 Å². The summed E-state index contributed by atoms with van der Waals surface area (Å²) in [5.74, 6) is 0.230. The van der Waals surface area contributed by atoms with Gasteiger partial charge in [-0.1, -0.05) is 25.1 Å². The number of quaternary nitrogens is 1. The first-order valence-corrected chi connectivity index (χ1v) is 12.0. The van der Waals surface area contributed by atoms with Crippen LogP contribution in [0, 0.1) is 13.8 Å². The summed E-state index contributed by atoms with van der Waals surface area (Å²) in [6.07, 6.45) is 7.18. The van der Waals surface area contributed by atoms with Crippen LogP contribution in [0.4, 0.5) is 5.13 Å². The molecule has 164 valence electrons. The number of anilines is 1. The topological polar surface area (TPSA) is 59.2 Å². The molecule has 31 heavy (non-hydrogen) atoms. The second-order valence-corrected chi connectivity index (χ2v) is 10.1. The van der Waals surface area contributed by atoms with Gasteiger partial charge in [0, 0.05) is 43.3 Å². The first kappa shape index (κ1) is 21.8. The Hall–Kier alpha value is -2.44. The largest absolute Gasteiger partial charge is 0.375 e. The highest BCUT2D eigenvalue weighted by molar-refractivity contribution is 7.15. The normalized spacial score (nSPS) is 21.2. The maximum absolute atomic E-state index is 13.3. The molecule has 0 aliphatic carbocycles. The van der Waals surface area contributed by atoms with Gasteiger partial charge in [-0.2, -0.15) is 0 Å². The van der Waals surface area contributed by atoms with Gasteiger partial charge in [0.25, 0.3) is 5.91 Å². The summed E-state index contributed by atoms with van der Waals surface area (Å²) in [4.78, 5) is 21.0. The third-order valence-electron chi connectivity index (χ3n) is 6.79. The number of hydrogen-bond acceptors (Lipinski definition) is 4. The summed E-state index contributed by atoms with van der Waals surface area (Å²) >= 11 is 1.56. The summed E-state index contributed by atoms with van der Waals surface area (Å²) in [6, 6.07) is 6.66. The molecule has 3 heterocycles. The summed E-state index contributed by atoms with van der Waals surface area (Å²) < 4.78 is 0.660. The number of rotatable bonds is 4.